The monoisotopic (exact) mass is 232 g/mol. The highest BCUT2D eigenvalue weighted by Gasteiger charge is 2.21. The van der Waals surface area contributed by atoms with E-state index < -0.39 is 15.4 Å². The second kappa shape index (κ2) is 4.34. The van der Waals surface area contributed by atoms with Crippen molar-refractivity contribution in [2.45, 2.75) is 18.7 Å². The number of H-pyrrole nitrogens is 1. The van der Waals surface area contributed by atoms with Crippen molar-refractivity contribution in [1.29, 1.82) is 0 Å². The largest absolute Gasteiger partial charge is 0.396 e. The molecule has 0 aliphatic rings. The molecule has 0 radical (unpaired) electrons. The van der Waals surface area contributed by atoms with Gasteiger partial charge in [-0.3, -0.25) is 0 Å². The van der Waals surface area contributed by atoms with E-state index in [1.165, 1.54) is 12.3 Å². The summed E-state index contributed by atoms with van der Waals surface area (Å²) in [5, 5.41) is 8.98. The second-order valence-electron chi connectivity index (χ2n) is 4.19. The lowest BCUT2D eigenvalue weighted by Gasteiger charge is -2.21. The van der Waals surface area contributed by atoms with E-state index in [4.69, 9.17) is 5.11 Å². The summed E-state index contributed by atoms with van der Waals surface area (Å²) in [7, 11) is -3.45. The molecule has 0 aliphatic heterocycles. The van der Waals surface area contributed by atoms with Crippen LogP contribution >= 0.6 is 0 Å². The van der Waals surface area contributed by atoms with Crippen molar-refractivity contribution in [2.24, 2.45) is 5.41 Å². The fourth-order valence-electron chi connectivity index (χ4n) is 0.905. The van der Waals surface area contributed by atoms with Gasteiger partial charge in [-0.2, -0.15) is 0 Å². The van der Waals surface area contributed by atoms with Crippen molar-refractivity contribution in [3.05, 3.63) is 18.5 Å². The van der Waals surface area contributed by atoms with E-state index >= 15 is 0 Å². The van der Waals surface area contributed by atoms with Crippen molar-refractivity contribution < 1.29 is 13.5 Å². The van der Waals surface area contributed by atoms with Gasteiger partial charge in [0.15, 0.2) is 0 Å². The number of nitrogens with one attached hydrogen (secondary N) is 2. The predicted octanol–water partition coefficient (Wildman–Crippen LogP) is 0.311. The van der Waals surface area contributed by atoms with Crippen LogP contribution in [0.3, 0.4) is 0 Å². The number of rotatable bonds is 5. The number of hydrogen-bond donors (Lipinski definition) is 3. The number of aromatic nitrogens is 1. The molecule has 86 valence electrons. The summed E-state index contributed by atoms with van der Waals surface area (Å²) in [6, 6.07) is 1.48. The molecule has 0 atom stereocenters. The maximum absolute atomic E-state index is 11.6. The summed E-state index contributed by atoms with van der Waals surface area (Å²) in [6.07, 6.45) is 2.96. The number of aliphatic hydroxyl groups is 1. The Morgan fingerprint density at radius 3 is 2.67 bits per heavy atom. The first kappa shape index (κ1) is 12.2. The van der Waals surface area contributed by atoms with E-state index in [-0.39, 0.29) is 18.0 Å². The molecule has 15 heavy (non-hydrogen) atoms. The molecule has 1 aromatic rings. The molecular formula is C9H16N2O3S. The molecule has 1 aromatic heterocycles. The maximum atomic E-state index is 11.6. The van der Waals surface area contributed by atoms with Crippen LogP contribution in [0.15, 0.2) is 23.4 Å². The summed E-state index contributed by atoms with van der Waals surface area (Å²) in [4.78, 5) is 2.88. The molecule has 0 aromatic carbocycles. The van der Waals surface area contributed by atoms with E-state index in [2.05, 4.69) is 9.71 Å². The normalized spacial score (nSPS) is 13.0. The number of aromatic amines is 1. The summed E-state index contributed by atoms with van der Waals surface area (Å²) >= 11 is 0. The third kappa shape index (κ3) is 3.33. The van der Waals surface area contributed by atoms with Crippen LogP contribution in [-0.2, 0) is 10.0 Å². The molecule has 0 saturated heterocycles. The van der Waals surface area contributed by atoms with Gasteiger partial charge in [-0.25, -0.2) is 13.1 Å². The van der Waals surface area contributed by atoms with Gasteiger partial charge in [0, 0.05) is 31.0 Å². The number of aliphatic hydroxyl groups excluding tert-OH is 1. The van der Waals surface area contributed by atoms with E-state index in [9.17, 15) is 8.42 Å². The highest BCUT2D eigenvalue weighted by atomic mass is 32.2. The Kier molecular flexibility index (Phi) is 3.54. The molecule has 0 aliphatic carbocycles. The van der Waals surface area contributed by atoms with E-state index in [1.807, 2.05) is 0 Å². The van der Waals surface area contributed by atoms with Crippen LogP contribution in [-0.4, -0.2) is 31.7 Å². The topological polar surface area (TPSA) is 82.2 Å². The van der Waals surface area contributed by atoms with E-state index in [1.54, 1.807) is 20.0 Å². The van der Waals surface area contributed by atoms with Gasteiger partial charge in [-0.05, 0) is 6.07 Å². The van der Waals surface area contributed by atoms with Gasteiger partial charge in [0.25, 0.3) is 0 Å². The number of sulfonamides is 1. The smallest absolute Gasteiger partial charge is 0.242 e. The van der Waals surface area contributed by atoms with Crippen molar-refractivity contribution >= 4 is 10.0 Å². The molecule has 0 amide bonds. The zero-order chi connectivity index (χ0) is 11.5. The minimum absolute atomic E-state index is 0.0668. The van der Waals surface area contributed by atoms with Gasteiger partial charge in [-0.1, -0.05) is 13.8 Å². The molecule has 0 bridgehead atoms. The molecule has 1 heterocycles. The SMILES string of the molecule is CC(C)(CO)CNS(=O)(=O)c1cc[nH]c1. The highest BCUT2D eigenvalue weighted by Crippen LogP contribution is 2.14. The first-order chi connectivity index (χ1) is 6.87. The Bertz CT molecular complexity index is 395. The Morgan fingerprint density at radius 1 is 1.53 bits per heavy atom. The molecule has 6 heteroatoms. The molecule has 5 nitrogen and oxygen atoms in total. The summed E-state index contributed by atoms with van der Waals surface area (Å²) < 4.78 is 25.7. The Morgan fingerprint density at radius 2 is 2.20 bits per heavy atom. The van der Waals surface area contributed by atoms with Crippen LogP contribution in [0.4, 0.5) is 0 Å². The molecule has 0 fully saturated rings. The Hall–Kier alpha value is -0.850. The lowest BCUT2D eigenvalue weighted by molar-refractivity contribution is 0.163. The zero-order valence-corrected chi connectivity index (χ0v) is 9.63. The van der Waals surface area contributed by atoms with Gasteiger partial charge in [0.1, 0.15) is 0 Å². The van der Waals surface area contributed by atoms with Crippen LogP contribution in [0.25, 0.3) is 0 Å². The lowest BCUT2D eigenvalue weighted by Crippen LogP contribution is -2.35. The molecule has 0 saturated carbocycles. The van der Waals surface area contributed by atoms with Crippen LogP contribution < -0.4 is 4.72 Å². The fourth-order valence-corrected chi connectivity index (χ4v) is 2.12. The summed E-state index contributed by atoms with van der Waals surface area (Å²) in [6.45, 7) is 3.71. The minimum Gasteiger partial charge on any atom is -0.396 e. The third-order valence-corrected chi connectivity index (χ3v) is 3.45. The van der Waals surface area contributed by atoms with Gasteiger partial charge < -0.3 is 10.1 Å². The first-order valence-electron chi connectivity index (χ1n) is 4.61. The van der Waals surface area contributed by atoms with Gasteiger partial charge in [0.2, 0.25) is 10.0 Å². The van der Waals surface area contributed by atoms with Gasteiger partial charge in [0.05, 0.1) is 4.90 Å². The molecule has 0 spiro atoms. The van der Waals surface area contributed by atoms with Crippen molar-refractivity contribution in [1.82, 2.24) is 9.71 Å². The van der Waals surface area contributed by atoms with Crippen LogP contribution in [0.5, 0.6) is 0 Å². The standard InChI is InChI=1S/C9H16N2O3S/c1-9(2,7-12)6-11-15(13,14)8-3-4-10-5-8/h3-5,10-12H,6-7H2,1-2H3. The minimum atomic E-state index is -3.45. The average Bonchev–Trinajstić information content (AvgIpc) is 2.69. The zero-order valence-electron chi connectivity index (χ0n) is 8.82. The Balaban J connectivity index is 2.67. The highest BCUT2D eigenvalue weighted by molar-refractivity contribution is 7.89. The van der Waals surface area contributed by atoms with Crippen molar-refractivity contribution in [3.63, 3.8) is 0 Å². The average molecular weight is 232 g/mol. The van der Waals surface area contributed by atoms with Crippen LogP contribution in [0.2, 0.25) is 0 Å². The fraction of sp³-hybridized carbons (Fsp3) is 0.556. The number of hydrogen-bond acceptors (Lipinski definition) is 3. The first-order valence-corrected chi connectivity index (χ1v) is 6.09. The quantitative estimate of drug-likeness (QED) is 0.683. The molecule has 3 N–H and O–H groups in total. The summed E-state index contributed by atoms with van der Waals surface area (Å²) in [5.74, 6) is 0. The second-order valence-corrected chi connectivity index (χ2v) is 5.96. The third-order valence-electron chi connectivity index (χ3n) is 2.05. The van der Waals surface area contributed by atoms with Gasteiger partial charge in [-0.15, -0.1) is 0 Å². The molecule has 1 rings (SSSR count). The summed E-state index contributed by atoms with van der Waals surface area (Å²) in [5.41, 5.74) is -0.455. The van der Waals surface area contributed by atoms with E-state index in [0.29, 0.717) is 0 Å². The van der Waals surface area contributed by atoms with Crippen molar-refractivity contribution in [2.75, 3.05) is 13.2 Å². The van der Waals surface area contributed by atoms with Crippen molar-refractivity contribution in [3.8, 4) is 0 Å². The van der Waals surface area contributed by atoms with Gasteiger partial charge >= 0.3 is 0 Å². The van der Waals surface area contributed by atoms with Crippen LogP contribution in [0.1, 0.15) is 13.8 Å². The van der Waals surface area contributed by atoms with Crippen LogP contribution in [0, 0.1) is 5.41 Å². The predicted molar refractivity (Wildman–Crippen MR) is 56.8 cm³/mol. The maximum Gasteiger partial charge on any atom is 0.242 e. The molecular weight excluding hydrogens is 216 g/mol. The molecule has 0 unspecified atom stereocenters. The van der Waals surface area contributed by atoms with E-state index in [0.717, 1.165) is 0 Å². The lowest BCUT2D eigenvalue weighted by atomic mass is 9.96. The Labute approximate surface area is 89.6 Å².